The van der Waals surface area contributed by atoms with Crippen molar-refractivity contribution in [2.45, 2.75) is 13.5 Å². The maximum atomic E-state index is 13.5. The van der Waals surface area contributed by atoms with E-state index in [1.807, 2.05) is 18.2 Å². The van der Waals surface area contributed by atoms with Gasteiger partial charge in [-0.05, 0) is 19.1 Å². The van der Waals surface area contributed by atoms with Gasteiger partial charge in [-0.3, -0.25) is 0 Å². The molecular weight excluding hydrogens is 271 g/mol. The van der Waals surface area contributed by atoms with Gasteiger partial charge in [0, 0.05) is 16.5 Å². The Morgan fingerprint density at radius 3 is 2.62 bits per heavy atom. The average molecular weight is 284 g/mol. The van der Waals surface area contributed by atoms with E-state index >= 15 is 0 Å². The zero-order valence-electron chi connectivity index (χ0n) is 11.4. The number of furan rings is 1. The summed E-state index contributed by atoms with van der Waals surface area (Å²) in [6, 6.07) is 13.6. The third-order valence-electron chi connectivity index (χ3n) is 3.35. The van der Waals surface area contributed by atoms with Crippen LogP contribution in [0, 0.1) is 12.7 Å². The highest BCUT2D eigenvalue weighted by atomic mass is 19.1. The first-order chi connectivity index (χ1) is 10.2. The van der Waals surface area contributed by atoms with Crippen molar-refractivity contribution in [2.24, 2.45) is 0 Å². The normalized spacial score (nSPS) is 10.8. The SMILES string of the molecule is Cc1c(C(=O)OCc2ccccc2F)oc2ccccc12. The first-order valence-electron chi connectivity index (χ1n) is 6.55. The van der Waals surface area contributed by atoms with Crippen molar-refractivity contribution in [2.75, 3.05) is 0 Å². The molecule has 0 radical (unpaired) electrons. The molecule has 0 saturated heterocycles. The molecule has 1 heterocycles. The van der Waals surface area contributed by atoms with E-state index in [1.54, 1.807) is 31.2 Å². The Kier molecular flexibility index (Phi) is 3.44. The van der Waals surface area contributed by atoms with Gasteiger partial charge in [0.05, 0.1) is 0 Å². The maximum Gasteiger partial charge on any atom is 0.374 e. The lowest BCUT2D eigenvalue weighted by molar-refractivity contribution is 0.0434. The minimum atomic E-state index is -0.591. The smallest absolute Gasteiger partial charge is 0.374 e. The van der Waals surface area contributed by atoms with Crippen LogP contribution in [0.3, 0.4) is 0 Å². The summed E-state index contributed by atoms with van der Waals surface area (Å²) in [7, 11) is 0. The fraction of sp³-hybridized carbons (Fsp3) is 0.118. The van der Waals surface area contributed by atoms with Gasteiger partial charge in [-0.15, -0.1) is 0 Å². The number of carbonyl (C=O) groups is 1. The minimum Gasteiger partial charge on any atom is -0.455 e. The molecule has 0 N–H and O–H groups in total. The predicted molar refractivity (Wildman–Crippen MR) is 76.5 cm³/mol. The molecule has 0 saturated carbocycles. The van der Waals surface area contributed by atoms with Gasteiger partial charge >= 0.3 is 5.97 Å². The van der Waals surface area contributed by atoms with Crippen molar-refractivity contribution < 1.29 is 18.3 Å². The van der Waals surface area contributed by atoms with Gasteiger partial charge in [0.25, 0.3) is 0 Å². The van der Waals surface area contributed by atoms with Crippen molar-refractivity contribution in [1.82, 2.24) is 0 Å². The maximum absolute atomic E-state index is 13.5. The van der Waals surface area contributed by atoms with Crippen LogP contribution in [0.5, 0.6) is 0 Å². The number of benzene rings is 2. The Labute approximate surface area is 120 Å². The second-order valence-corrected chi connectivity index (χ2v) is 4.72. The highest BCUT2D eigenvalue weighted by Gasteiger charge is 2.19. The number of carbonyl (C=O) groups excluding carboxylic acids is 1. The van der Waals surface area contributed by atoms with E-state index in [4.69, 9.17) is 9.15 Å². The van der Waals surface area contributed by atoms with Gasteiger partial charge in [0.15, 0.2) is 0 Å². The summed E-state index contributed by atoms with van der Waals surface area (Å²) in [5, 5.41) is 0.871. The largest absolute Gasteiger partial charge is 0.455 e. The molecule has 1 aromatic heterocycles. The van der Waals surface area contributed by atoms with Gasteiger partial charge in [-0.1, -0.05) is 36.4 Å². The summed E-state index contributed by atoms with van der Waals surface area (Å²) >= 11 is 0. The van der Waals surface area contributed by atoms with Crippen LogP contribution in [0.1, 0.15) is 21.7 Å². The topological polar surface area (TPSA) is 39.4 Å². The fourth-order valence-electron chi connectivity index (χ4n) is 2.19. The van der Waals surface area contributed by atoms with E-state index in [-0.39, 0.29) is 12.4 Å². The minimum absolute atomic E-state index is 0.123. The summed E-state index contributed by atoms with van der Waals surface area (Å²) in [5.74, 6) is -0.828. The quantitative estimate of drug-likeness (QED) is 0.675. The number of halogens is 1. The van der Waals surface area contributed by atoms with Crippen molar-refractivity contribution in [1.29, 1.82) is 0 Å². The lowest BCUT2D eigenvalue weighted by atomic mass is 10.1. The zero-order chi connectivity index (χ0) is 14.8. The predicted octanol–water partition coefficient (Wildman–Crippen LogP) is 4.24. The van der Waals surface area contributed by atoms with Gasteiger partial charge in [-0.2, -0.15) is 0 Å². The van der Waals surface area contributed by atoms with Gasteiger partial charge in [0.1, 0.15) is 18.0 Å². The van der Waals surface area contributed by atoms with Crippen LogP contribution in [-0.4, -0.2) is 5.97 Å². The fourth-order valence-corrected chi connectivity index (χ4v) is 2.19. The van der Waals surface area contributed by atoms with E-state index in [1.165, 1.54) is 6.07 Å². The third-order valence-corrected chi connectivity index (χ3v) is 3.35. The summed E-state index contributed by atoms with van der Waals surface area (Å²) in [4.78, 5) is 12.1. The molecule has 106 valence electrons. The summed E-state index contributed by atoms with van der Waals surface area (Å²) in [6.45, 7) is 1.67. The van der Waals surface area contributed by atoms with Crippen LogP contribution in [0.4, 0.5) is 4.39 Å². The Morgan fingerprint density at radius 1 is 1.14 bits per heavy atom. The first-order valence-corrected chi connectivity index (χ1v) is 6.55. The number of fused-ring (bicyclic) bond motifs is 1. The van der Waals surface area contributed by atoms with Crippen molar-refractivity contribution in [3.8, 4) is 0 Å². The van der Waals surface area contributed by atoms with Crippen LogP contribution in [0.25, 0.3) is 11.0 Å². The molecule has 2 aromatic carbocycles. The van der Waals surface area contributed by atoms with Crippen LogP contribution < -0.4 is 0 Å². The molecule has 0 aliphatic rings. The highest BCUT2D eigenvalue weighted by Crippen LogP contribution is 2.25. The standard InChI is InChI=1S/C17H13FO3/c1-11-13-7-3-5-9-15(13)21-16(11)17(19)20-10-12-6-2-4-8-14(12)18/h2-9H,10H2,1H3. The number of hydrogen-bond donors (Lipinski definition) is 0. The zero-order valence-corrected chi connectivity index (χ0v) is 11.4. The van der Waals surface area contributed by atoms with E-state index < -0.39 is 11.8 Å². The van der Waals surface area contributed by atoms with Gasteiger partial charge < -0.3 is 9.15 Å². The Balaban J connectivity index is 1.81. The van der Waals surface area contributed by atoms with Crippen molar-refractivity contribution >= 4 is 16.9 Å². The molecule has 3 aromatic rings. The van der Waals surface area contributed by atoms with Crippen molar-refractivity contribution in [3.63, 3.8) is 0 Å². The van der Waals surface area contributed by atoms with Crippen LogP contribution in [-0.2, 0) is 11.3 Å². The van der Waals surface area contributed by atoms with Crippen molar-refractivity contribution in [3.05, 3.63) is 71.2 Å². The molecule has 0 spiro atoms. The number of ether oxygens (including phenoxy) is 1. The number of aryl methyl sites for hydroxylation is 1. The summed E-state index contributed by atoms with van der Waals surface area (Å²) in [5.41, 5.74) is 1.69. The Morgan fingerprint density at radius 2 is 1.86 bits per heavy atom. The number of esters is 1. The van der Waals surface area contributed by atoms with Gasteiger partial charge in [-0.25, -0.2) is 9.18 Å². The molecule has 21 heavy (non-hydrogen) atoms. The molecule has 3 nitrogen and oxygen atoms in total. The van der Waals surface area contributed by atoms with Crippen LogP contribution >= 0.6 is 0 Å². The number of rotatable bonds is 3. The molecule has 0 bridgehead atoms. The molecule has 0 amide bonds. The molecule has 0 unspecified atom stereocenters. The first kappa shape index (κ1) is 13.4. The highest BCUT2D eigenvalue weighted by molar-refractivity contribution is 5.95. The molecule has 3 rings (SSSR count). The Bertz CT molecular complexity index is 805. The van der Waals surface area contributed by atoms with Crippen LogP contribution in [0.2, 0.25) is 0 Å². The molecule has 0 fully saturated rings. The molecule has 0 aliphatic carbocycles. The average Bonchev–Trinajstić information content (AvgIpc) is 2.84. The second-order valence-electron chi connectivity index (χ2n) is 4.72. The molecule has 4 heteroatoms. The molecule has 0 atom stereocenters. The molecular formula is C17H13FO3. The number of para-hydroxylation sites is 1. The molecule has 0 aliphatic heterocycles. The number of hydrogen-bond acceptors (Lipinski definition) is 3. The second kappa shape index (κ2) is 5.40. The summed E-state index contributed by atoms with van der Waals surface area (Å²) < 4.78 is 24.1. The lowest BCUT2D eigenvalue weighted by Gasteiger charge is -2.04. The monoisotopic (exact) mass is 284 g/mol. The van der Waals surface area contributed by atoms with E-state index in [0.29, 0.717) is 11.1 Å². The van der Waals surface area contributed by atoms with E-state index in [0.717, 1.165) is 10.9 Å². The van der Waals surface area contributed by atoms with Gasteiger partial charge in [0.2, 0.25) is 5.76 Å². The van der Waals surface area contributed by atoms with Crippen LogP contribution in [0.15, 0.2) is 52.9 Å². The lowest BCUT2D eigenvalue weighted by Crippen LogP contribution is -2.06. The summed E-state index contributed by atoms with van der Waals surface area (Å²) in [6.07, 6.45) is 0. The van der Waals surface area contributed by atoms with E-state index in [9.17, 15) is 9.18 Å². The Hall–Kier alpha value is -2.62. The third kappa shape index (κ3) is 2.52. The van der Waals surface area contributed by atoms with E-state index in [2.05, 4.69) is 0 Å².